The summed E-state index contributed by atoms with van der Waals surface area (Å²) in [6.45, 7) is 7.26. The molecule has 0 heterocycles. The molecule has 22 heavy (non-hydrogen) atoms. The minimum absolute atomic E-state index is 0. The van der Waals surface area contributed by atoms with E-state index in [2.05, 4.69) is 16.0 Å². The highest BCUT2D eigenvalue weighted by Gasteiger charge is 2.20. The lowest BCUT2D eigenvalue weighted by molar-refractivity contribution is -0.129. The van der Waals surface area contributed by atoms with Crippen LogP contribution in [0.5, 0.6) is 0 Å². The van der Waals surface area contributed by atoms with Crippen LogP contribution in [0, 0.1) is 5.92 Å². The molecule has 0 aromatic rings. The number of halogens is 1. The first-order chi connectivity index (χ1) is 10.0. The summed E-state index contributed by atoms with van der Waals surface area (Å²) in [5.74, 6) is 0.392. The molecular formula is C16H32ClN3O2. The van der Waals surface area contributed by atoms with Crippen molar-refractivity contribution in [2.75, 3.05) is 13.1 Å². The first-order valence-electron chi connectivity index (χ1n) is 8.33. The Kier molecular flexibility index (Phi) is 11.3. The maximum atomic E-state index is 12.0. The van der Waals surface area contributed by atoms with Crippen LogP contribution in [-0.2, 0) is 9.59 Å². The van der Waals surface area contributed by atoms with Gasteiger partial charge in [-0.25, -0.2) is 0 Å². The summed E-state index contributed by atoms with van der Waals surface area (Å²) in [5, 5.41) is 8.90. The number of carbonyl (C=O) groups excluding carboxylic acids is 2. The van der Waals surface area contributed by atoms with E-state index in [9.17, 15) is 9.59 Å². The summed E-state index contributed by atoms with van der Waals surface area (Å²) < 4.78 is 0. The third kappa shape index (κ3) is 8.59. The van der Waals surface area contributed by atoms with Crippen molar-refractivity contribution >= 4 is 24.2 Å². The smallest absolute Gasteiger partial charge is 0.242 e. The van der Waals surface area contributed by atoms with Gasteiger partial charge in [-0.2, -0.15) is 0 Å². The Morgan fingerprint density at radius 1 is 1.14 bits per heavy atom. The van der Waals surface area contributed by atoms with Crippen LogP contribution in [0.3, 0.4) is 0 Å². The fraction of sp³-hybridized carbons (Fsp3) is 0.875. The molecule has 0 aromatic heterocycles. The van der Waals surface area contributed by atoms with Crippen LogP contribution in [0.25, 0.3) is 0 Å². The zero-order chi connectivity index (χ0) is 15.7. The van der Waals surface area contributed by atoms with Gasteiger partial charge in [0, 0.05) is 19.0 Å². The molecule has 0 bridgehead atoms. The molecule has 0 spiro atoms. The number of rotatable bonds is 8. The molecular weight excluding hydrogens is 302 g/mol. The molecule has 5 nitrogen and oxygen atoms in total. The van der Waals surface area contributed by atoms with Crippen molar-refractivity contribution in [1.82, 2.24) is 16.0 Å². The van der Waals surface area contributed by atoms with Crippen molar-refractivity contribution in [2.24, 2.45) is 5.92 Å². The topological polar surface area (TPSA) is 70.2 Å². The summed E-state index contributed by atoms with van der Waals surface area (Å²) in [6.07, 6.45) is 6.61. The van der Waals surface area contributed by atoms with Crippen LogP contribution in [0.4, 0.5) is 0 Å². The van der Waals surface area contributed by atoms with E-state index in [4.69, 9.17) is 0 Å². The SMILES string of the molecule is CCN[C@H](C)CNC(=O)C(C)NC(=O)CC1CCCCC1.Cl. The third-order valence-corrected chi connectivity index (χ3v) is 4.10. The highest BCUT2D eigenvalue weighted by molar-refractivity contribution is 5.87. The largest absolute Gasteiger partial charge is 0.353 e. The second kappa shape index (κ2) is 11.7. The van der Waals surface area contributed by atoms with Crippen molar-refractivity contribution in [3.8, 4) is 0 Å². The number of hydrogen-bond donors (Lipinski definition) is 3. The van der Waals surface area contributed by atoms with Gasteiger partial charge in [-0.15, -0.1) is 12.4 Å². The maximum Gasteiger partial charge on any atom is 0.242 e. The zero-order valence-electron chi connectivity index (χ0n) is 14.1. The number of amides is 2. The van der Waals surface area contributed by atoms with E-state index in [1.54, 1.807) is 6.92 Å². The first-order valence-corrected chi connectivity index (χ1v) is 8.33. The highest BCUT2D eigenvalue weighted by Crippen LogP contribution is 2.26. The Hall–Kier alpha value is -0.810. The molecule has 6 heteroatoms. The van der Waals surface area contributed by atoms with Crippen molar-refractivity contribution in [3.05, 3.63) is 0 Å². The van der Waals surface area contributed by atoms with Crippen molar-refractivity contribution in [2.45, 2.75) is 71.4 Å². The minimum atomic E-state index is -0.463. The standard InChI is InChI=1S/C16H31N3O2.ClH/c1-4-17-12(2)11-18-16(21)13(3)19-15(20)10-14-8-6-5-7-9-14;/h12-14,17H,4-11H2,1-3H3,(H,18,21)(H,19,20);1H/t12-,13?;/m1./s1. The predicted octanol–water partition coefficient (Wildman–Crippen LogP) is 2.00. The van der Waals surface area contributed by atoms with E-state index >= 15 is 0 Å². The Morgan fingerprint density at radius 3 is 2.36 bits per heavy atom. The molecule has 0 saturated heterocycles. The minimum Gasteiger partial charge on any atom is -0.353 e. The lowest BCUT2D eigenvalue weighted by atomic mass is 9.87. The summed E-state index contributed by atoms with van der Waals surface area (Å²) in [4.78, 5) is 23.9. The van der Waals surface area contributed by atoms with Gasteiger partial charge in [-0.05, 0) is 39.2 Å². The quantitative estimate of drug-likeness (QED) is 0.636. The summed E-state index contributed by atoms with van der Waals surface area (Å²) in [5.41, 5.74) is 0. The first kappa shape index (κ1) is 21.2. The molecule has 0 radical (unpaired) electrons. The molecule has 130 valence electrons. The van der Waals surface area contributed by atoms with Crippen LogP contribution in [0.2, 0.25) is 0 Å². The van der Waals surface area contributed by atoms with Gasteiger partial charge in [0.15, 0.2) is 0 Å². The van der Waals surface area contributed by atoms with Gasteiger partial charge in [-0.1, -0.05) is 26.2 Å². The fourth-order valence-electron chi connectivity index (χ4n) is 2.85. The number of likely N-dealkylation sites (N-methyl/N-ethyl adjacent to an activating group) is 1. The number of carbonyl (C=O) groups is 2. The van der Waals surface area contributed by atoms with Crippen molar-refractivity contribution in [3.63, 3.8) is 0 Å². The van der Waals surface area contributed by atoms with Crippen LogP contribution in [0.1, 0.15) is 59.3 Å². The van der Waals surface area contributed by atoms with E-state index in [1.807, 2.05) is 13.8 Å². The van der Waals surface area contributed by atoms with Gasteiger partial charge in [0.2, 0.25) is 11.8 Å². The van der Waals surface area contributed by atoms with Crippen LogP contribution in [-0.4, -0.2) is 37.0 Å². The third-order valence-electron chi connectivity index (χ3n) is 4.10. The zero-order valence-corrected chi connectivity index (χ0v) is 14.9. The lowest BCUT2D eigenvalue weighted by Crippen LogP contribution is -2.48. The normalized spacial score (nSPS) is 18.0. The summed E-state index contributed by atoms with van der Waals surface area (Å²) in [7, 11) is 0. The van der Waals surface area contributed by atoms with Crippen molar-refractivity contribution < 1.29 is 9.59 Å². The van der Waals surface area contributed by atoms with E-state index in [0.29, 0.717) is 18.9 Å². The molecule has 1 fully saturated rings. The molecule has 3 N–H and O–H groups in total. The van der Waals surface area contributed by atoms with E-state index in [-0.39, 0.29) is 30.3 Å². The average Bonchev–Trinajstić information content (AvgIpc) is 2.45. The molecule has 1 unspecified atom stereocenters. The molecule has 1 aliphatic rings. The van der Waals surface area contributed by atoms with E-state index in [0.717, 1.165) is 19.4 Å². The predicted molar refractivity (Wildman–Crippen MR) is 92.2 cm³/mol. The second-order valence-corrected chi connectivity index (χ2v) is 6.20. The summed E-state index contributed by atoms with van der Waals surface area (Å²) >= 11 is 0. The molecule has 0 aliphatic heterocycles. The van der Waals surface area contributed by atoms with Gasteiger partial charge in [0.25, 0.3) is 0 Å². The Bertz CT molecular complexity index is 333. The van der Waals surface area contributed by atoms with Gasteiger partial charge in [-0.3, -0.25) is 9.59 Å². The van der Waals surface area contributed by atoms with Crippen LogP contribution in [0.15, 0.2) is 0 Å². The van der Waals surface area contributed by atoms with Gasteiger partial charge >= 0.3 is 0 Å². The molecule has 2 atom stereocenters. The average molecular weight is 334 g/mol. The second-order valence-electron chi connectivity index (χ2n) is 6.20. The van der Waals surface area contributed by atoms with E-state index < -0.39 is 6.04 Å². The number of hydrogen-bond acceptors (Lipinski definition) is 3. The summed E-state index contributed by atoms with van der Waals surface area (Å²) in [6, 6.07) is -0.223. The molecule has 0 aromatic carbocycles. The van der Waals surface area contributed by atoms with E-state index in [1.165, 1.54) is 19.3 Å². The van der Waals surface area contributed by atoms with Crippen LogP contribution < -0.4 is 16.0 Å². The fourth-order valence-corrected chi connectivity index (χ4v) is 2.85. The maximum absolute atomic E-state index is 12.0. The molecule has 1 rings (SSSR count). The Labute approximate surface area is 140 Å². The van der Waals surface area contributed by atoms with Crippen molar-refractivity contribution in [1.29, 1.82) is 0 Å². The Morgan fingerprint density at radius 2 is 1.77 bits per heavy atom. The monoisotopic (exact) mass is 333 g/mol. The molecule has 2 amide bonds. The van der Waals surface area contributed by atoms with Gasteiger partial charge < -0.3 is 16.0 Å². The number of nitrogens with one attached hydrogen (secondary N) is 3. The van der Waals surface area contributed by atoms with Crippen LogP contribution >= 0.6 is 12.4 Å². The van der Waals surface area contributed by atoms with Gasteiger partial charge in [0.1, 0.15) is 6.04 Å². The van der Waals surface area contributed by atoms with Gasteiger partial charge in [0.05, 0.1) is 0 Å². The Balaban J connectivity index is 0.00000441. The molecule has 1 aliphatic carbocycles. The highest BCUT2D eigenvalue weighted by atomic mass is 35.5. The molecule has 1 saturated carbocycles. The lowest BCUT2D eigenvalue weighted by Gasteiger charge is -2.22.